The highest BCUT2D eigenvalue weighted by Crippen LogP contribution is 2.21. The SMILES string of the molecule is CN=C(NCCN(C)C1CCCC1)NC1CCN(c2ccccn2)CC1.I. The van der Waals surface area contributed by atoms with E-state index in [4.69, 9.17) is 0 Å². The summed E-state index contributed by atoms with van der Waals surface area (Å²) in [5.74, 6) is 2.02. The van der Waals surface area contributed by atoms with E-state index >= 15 is 0 Å². The van der Waals surface area contributed by atoms with E-state index in [1.165, 1.54) is 25.7 Å². The lowest BCUT2D eigenvalue weighted by molar-refractivity contribution is 0.249. The molecule has 152 valence electrons. The molecule has 0 atom stereocenters. The van der Waals surface area contributed by atoms with Crippen molar-refractivity contribution in [2.45, 2.75) is 50.6 Å². The average molecular weight is 486 g/mol. The zero-order valence-corrected chi connectivity index (χ0v) is 19.1. The summed E-state index contributed by atoms with van der Waals surface area (Å²) in [4.78, 5) is 13.7. The third kappa shape index (κ3) is 6.78. The smallest absolute Gasteiger partial charge is 0.191 e. The van der Waals surface area contributed by atoms with E-state index in [1.54, 1.807) is 0 Å². The number of hydrogen-bond acceptors (Lipinski definition) is 4. The molecule has 2 N–H and O–H groups in total. The van der Waals surface area contributed by atoms with Crippen LogP contribution in [0.4, 0.5) is 5.82 Å². The molecule has 0 unspecified atom stereocenters. The Bertz CT molecular complexity index is 553. The lowest BCUT2D eigenvalue weighted by Gasteiger charge is -2.34. The molecular formula is C20H35IN6. The molecule has 0 radical (unpaired) electrons. The number of aromatic nitrogens is 1. The van der Waals surface area contributed by atoms with Gasteiger partial charge in [0.1, 0.15) is 5.82 Å². The molecule has 0 bridgehead atoms. The summed E-state index contributed by atoms with van der Waals surface area (Å²) in [6, 6.07) is 7.38. The minimum absolute atomic E-state index is 0. The predicted octanol–water partition coefficient (Wildman–Crippen LogP) is 2.71. The lowest BCUT2D eigenvalue weighted by Crippen LogP contribution is -2.50. The summed E-state index contributed by atoms with van der Waals surface area (Å²) in [7, 11) is 4.11. The maximum atomic E-state index is 4.46. The second-order valence-corrected chi connectivity index (χ2v) is 7.51. The number of halogens is 1. The monoisotopic (exact) mass is 486 g/mol. The molecule has 1 aliphatic carbocycles. The Morgan fingerprint density at radius 2 is 1.96 bits per heavy atom. The van der Waals surface area contributed by atoms with Crippen LogP contribution in [0.1, 0.15) is 38.5 Å². The van der Waals surface area contributed by atoms with Crippen LogP contribution in [0.25, 0.3) is 0 Å². The molecule has 27 heavy (non-hydrogen) atoms. The molecule has 7 heteroatoms. The first-order chi connectivity index (χ1) is 12.8. The number of piperidine rings is 1. The second kappa shape index (κ2) is 11.7. The minimum Gasteiger partial charge on any atom is -0.356 e. The van der Waals surface area contributed by atoms with Gasteiger partial charge in [-0.15, -0.1) is 24.0 Å². The number of rotatable bonds is 6. The van der Waals surface area contributed by atoms with Gasteiger partial charge >= 0.3 is 0 Å². The van der Waals surface area contributed by atoms with Crippen LogP contribution in [0.2, 0.25) is 0 Å². The van der Waals surface area contributed by atoms with E-state index in [-0.39, 0.29) is 24.0 Å². The zero-order valence-electron chi connectivity index (χ0n) is 16.7. The van der Waals surface area contributed by atoms with Gasteiger partial charge in [0.25, 0.3) is 0 Å². The van der Waals surface area contributed by atoms with Crippen LogP contribution in [-0.2, 0) is 0 Å². The number of guanidine groups is 1. The van der Waals surface area contributed by atoms with Gasteiger partial charge in [-0.05, 0) is 44.9 Å². The normalized spacial score (nSPS) is 19.2. The Morgan fingerprint density at radius 3 is 2.59 bits per heavy atom. The number of nitrogens with zero attached hydrogens (tertiary/aromatic N) is 4. The van der Waals surface area contributed by atoms with Gasteiger partial charge in [-0.3, -0.25) is 4.99 Å². The highest BCUT2D eigenvalue weighted by atomic mass is 127. The molecule has 6 nitrogen and oxygen atoms in total. The predicted molar refractivity (Wildman–Crippen MR) is 124 cm³/mol. The van der Waals surface area contributed by atoms with Crippen molar-refractivity contribution in [3.05, 3.63) is 24.4 Å². The van der Waals surface area contributed by atoms with Gasteiger partial charge < -0.3 is 20.4 Å². The van der Waals surface area contributed by atoms with Gasteiger partial charge in [-0.25, -0.2) is 4.98 Å². The largest absolute Gasteiger partial charge is 0.356 e. The second-order valence-electron chi connectivity index (χ2n) is 7.51. The fourth-order valence-electron chi connectivity index (χ4n) is 4.06. The summed E-state index contributed by atoms with van der Waals surface area (Å²) in [5.41, 5.74) is 0. The van der Waals surface area contributed by atoms with E-state index < -0.39 is 0 Å². The quantitative estimate of drug-likeness (QED) is 0.368. The van der Waals surface area contributed by atoms with Crippen molar-refractivity contribution in [1.29, 1.82) is 0 Å². The van der Waals surface area contributed by atoms with Crippen LogP contribution in [0.15, 0.2) is 29.4 Å². The summed E-state index contributed by atoms with van der Waals surface area (Å²) in [6.07, 6.45) is 9.59. The van der Waals surface area contributed by atoms with E-state index in [2.05, 4.69) is 49.6 Å². The lowest BCUT2D eigenvalue weighted by atomic mass is 10.1. The maximum absolute atomic E-state index is 4.46. The van der Waals surface area contributed by atoms with Crippen LogP contribution in [-0.4, -0.2) is 68.2 Å². The van der Waals surface area contributed by atoms with E-state index in [0.717, 1.165) is 56.8 Å². The van der Waals surface area contributed by atoms with E-state index in [1.807, 2.05) is 19.3 Å². The maximum Gasteiger partial charge on any atom is 0.191 e. The van der Waals surface area contributed by atoms with E-state index in [9.17, 15) is 0 Å². The van der Waals surface area contributed by atoms with Gasteiger partial charge in [0.2, 0.25) is 0 Å². The highest BCUT2D eigenvalue weighted by Gasteiger charge is 2.21. The van der Waals surface area contributed by atoms with Crippen LogP contribution in [0, 0.1) is 0 Å². The van der Waals surface area contributed by atoms with Gasteiger partial charge in [0.15, 0.2) is 5.96 Å². The van der Waals surface area contributed by atoms with Crippen LogP contribution >= 0.6 is 24.0 Å². The Kier molecular flexibility index (Phi) is 9.61. The third-order valence-electron chi connectivity index (χ3n) is 5.74. The molecule has 0 spiro atoms. The van der Waals surface area contributed by atoms with E-state index in [0.29, 0.717) is 6.04 Å². The van der Waals surface area contributed by atoms with Gasteiger partial charge in [-0.2, -0.15) is 0 Å². The summed E-state index contributed by atoms with van der Waals surface area (Å²) < 4.78 is 0. The fourth-order valence-corrected chi connectivity index (χ4v) is 4.06. The molecule has 1 aromatic heterocycles. The van der Waals surface area contributed by atoms with Gasteiger partial charge in [-0.1, -0.05) is 18.9 Å². The van der Waals surface area contributed by atoms with Gasteiger partial charge in [0, 0.05) is 51.5 Å². The minimum atomic E-state index is 0. The standard InChI is InChI=1S/C20H34N6.HI/c1-21-20(23-13-16-25(2)18-7-3-4-8-18)24-17-10-14-26(15-11-17)19-9-5-6-12-22-19;/h5-6,9,12,17-18H,3-4,7-8,10-11,13-16H2,1-2H3,(H2,21,23,24);1H. The van der Waals surface area contributed by atoms with Crippen LogP contribution < -0.4 is 15.5 Å². The first-order valence-corrected chi connectivity index (χ1v) is 10.1. The number of anilines is 1. The van der Waals surface area contributed by atoms with Crippen molar-refractivity contribution >= 4 is 35.8 Å². The molecule has 1 aliphatic heterocycles. The molecule has 1 aromatic rings. The number of hydrogen-bond donors (Lipinski definition) is 2. The Morgan fingerprint density at radius 1 is 1.22 bits per heavy atom. The molecule has 0 aromatic carbocycles. The zero-order chi connectivity index (χ0) is 18.2. The summed E-state index contributed by atoms with van der Waals surface area (Å²) in [6.45, 7) is 4.09. The molecule has 2 fully saturated rings. The van der Waals surface area contributed by atoms with Crippen LogP contribution in [0.5, 0.6) is 0 Å². The van der Waals surface area contributed by atoms with Crippen molar-refractivity contribution < 1.29 is 0 Å². The number of pyridine rings is 1. The van der Waals surface area contributed by atoms with Crippen molar-refractivity contribution in [2.24, 2.45) is 4.99 Å². The first-order valence-electron chi connectivity index (χ1n) is 10.1. The number of aliphatic imine (C=N–C) groups is 1. The average Bonchev–Trinajstić information content (AvgIpc) is 3.23. The van der Waals surface area contributed by atoms with Crippen molar-refractivity contribution in [1.82, 2.24) is 20.5 Å². The fraction of sp³-hybridized carbons (Fsp3) is 0.700. The first kappa shape index (κ1) is 22.2. The molecule has 2 aliphatic rings. The Labute approximate surface area is 181 Å². The number of nitrogens with one attached hydrogen (secondary N) is 2. The summed E-state index contributed by atoms with van der Waals surface area (Å²) >= 11 is 0. The van der Waals surface area contributed by atoms with Crippen molar-refractivity contribution in [3.63, 3.8) is 0 Å². The summed E-state index contributed by atoms with van der Waals surface area (Å²) in [5, 5.41) is 7.08. The van der Waals surface area contributed by atoms with Crippen LogP contribution in [0.3, 0.4) is 0 Å². The van der Waals surface area contributed by atoms with Gasteiger partial charge in [0.05, 0.1) is 0 Å². The molecule has 1 saturated carbocycles. The Hall–Kier alpha value is -1.09. The van der Waals surface area contributed by atoms with Crippen molar-refractivity contribution in [2.75, 3.05) is 45.2 Å². The Balaban J connectivity index is 0.00000261. The molecule has 3 rings (SSSR count). The third-order valence-corrected chi connectivity index (χ3v) is 5.74. The molecular weight excluding hydrogens is 451 g/mol. The topological polar surface area (TPSA) is 55.8 Å². The van der Waals surface area contributed by atoms with Crippen molar-refractivity contribution in [3.8, 4) is 0 Å². The number of likely N-dealkylation sites (N-methyl/N-ethyl adjacent to an activating group) is 1. The molecule has 0 amide bonds. The molecule has 2 heterocycles. The molecule has 1 saturated heterocycles. The highest BCUT2D eigenvalue weighted by molar-refractivity contribution is 14.0.